The fraction of sp³-hybridized carbons (Fsp3) is 0.316. The highest BCUT2D eigenvalue weighted by Gasteiger charge is 2.24. The van der Waals surface area contributed by atoms with Crippen molar-refractivity contribution in [2.75, 3.05) is 26.2 Å². The molecule has 1 aliphatic rings. The van der Waals surface area contributed by atoms with Crippen molar-refractivity contribution in [3.63, 3.8) is 0 Å². The lowest BCUT2D eigenvalue weighted by Gasteiger charge is -2.30. The second kappa shape index (κ2) is 6.79. The van der Waals surface area contributed by atoms with Gasteiger partial charge in [0.05, 0.1) is 11.6 Å². The molecule has 0 bridgehead atoms. The van der Waals surface area contributed by atoms with Crippen LogP contribution in [0.3, 0.4) is 0 Å². The molecule has 4 heteroatoms. The minimum Gasteiger partial charge on any atom is -0.315 e. The van der Waals surface area contributed by atoms with E-state index in [0.717, 1.165) is 31.7 Å². The van der Waals surface area contributed by atoms with Crippen molar-refractivity contribution < 1.29 is 0 Å². The zero-order valence-corrected chi connectivity index (χ0v) is 13.9. The van der Waals surface area contributed by atoms with Crippen LogP contribution in [0.25, 0.3) is 10.9 Å². The SMILES string of the molecule is c1csc(C(c2cnc3ccccc3c2)N2CCCNCC2)c1. The van der Waals surface area contributed by atoms with Crippen molar-refractivity contribution in [2.45, 2.75) is 12.5 Å². The van der Waals surface area contributed by atoms with Crippen LogP contribution in [0.1, 0.15) is 22.9 Å². The first-order chi connectivity index (χ1) is 11.4. The molecule has 3 nitrogen and oxygen atoms in total. The number of thiophene rings is 1. The van der Waals surface area contributed by atoms with E-state index in [4.69, 9.17) is 4.98 Å². The van der Waals surface area contributed by atoms with Crippen molar-refractivity contribution in [3.05, 3.63) is 64.5 Å². The van der Waals surface area contributed by atoms with Crippen LogP contribution < -0.4 is 5.32 Å². The van der Waals surface area contributed by atoms with E-state index < -0.39 is 0 Å². The summed E-state index contributed by atoms with van der Waals surface area (Å²) >= 11 is 1.84. The number of pyridine rings is 1. The minimum atomic E-state index is 0.312. The first kappa shape index (κ1) is 14.8. The van der Waals surface area contributed by atoms with Gasteiger partial charge in [-0.05, 0) is 42.1 Å². The van der Waals surface area contributed by atoms with Gasteiger partial charge in [0.15, 0.2) is 0 Å². The van der Waals surface area contributed by atoms with Crippen LogP contribution in [0.5, 0.6) is 0 Å². The first-order valence-corrected chi connectivity index (χ1v) is 9.13. The van der Waals surface area contributed by atoms with E-state index in [1.165, 1.54) is 22.2 Å². The standard InChI is InChI=1S/C19H21N3S/c1-2-6-17-15(5-1)13-16(14-21-17)19(18-7-3-12-23-18)22-10-4-8-20-9-11-22/h1-3,5-7,12-14,19-20H,4,8-11H2. The Labute approximate surface area is 141 Å². The average Bonchev–Trinajstić information content (AvgIpc) is 2.98. The van der Waals surface area contributed by atoms with Gasteiger partial charge in [-0.3, -0.25) is 9.88 Å². The lowest BCUT2D eigenvalue weighted by atomic mass is 10.0. The van der Waals surface area contributed by atoms with E-state index in [-0.39, 0.29) is 0 Å². The number of para-hydroxylation sites is 1. The summed E-state index contributed by atoms with van der Waals surface area (Å²) in [4.78, 5) is 8.69. The number of hydrogen-bond donors (Lipinski definition) is 1. The van der Waals surface area contributed by atoms with E-state index >= 15 is 0 Å². The molecule has 23 heavy (non-hydrogen) atoms. The molecule has 1 unspecified atom stereocenters. The van der Waals surface area contributed by atoms with Crippen molar-refractivity contribution >= 4 is 22.2 Å². The third kappa shape index (κ3) is 3.15. The van der Waals surface area contributed by atoms with Crippen LogP contribution in [-0.4, -0.2) is 36.1 Å². The first-order valence-electron chi connectivity index (χ1n) is 8.25. The molecule has 0 saturated carbocycles. The molecule has 1 fully saturated rings. The fourth-order valence-electron chi connectivity index (χ4n) is 3.36. The molecule has 0 radical (unpaired) electrons. The molecule has 2 aromatic heterocycles. The molecule has 1 atom stereocenters. The molecule has 3 heterocycles. The minimum absolute atomic E-state index is 0.312. The van der Waals surface area contributed by atoms with Gasteiger partial charge in [-0.2, -0.15) is 0 Å². The van der Waals surface area contributed by atoms with E-state index in [1.807, 2.05) is 17.4 Å². The summed E-state index contributed by atoms with van der Waals surface area (Å²) in [6, 6.07) is 15.4. The van der Waals surface area contributed by atoms with Crippen molar-refractivity contribution in [2.24, 2.45) is 0 Å². The quantitative estimate of drug-likeness (QED) is 0.797. The molecule has 118 valence electrons. The highest BCUT2D eigenvalue weighted by atomic mass is 32.1. The maximum absolute atomic E-state index is 4.69. The van der Waals surface area contributed by atoms with E-state index in [2.05, 4.69) is 58.2 Å². The van der Waals surface area contributed by atoms with Crippen LogP contribution in [0.2, 0.25) is 0 Å². The van der Waals surface area contributed by atoms with Crippen LogP contribution in [0, 0.1) is 0 Å². The molecule has 0 amide bonds. The Balaban J connectivity index is 1.76. The Morgan fingerprint density at radius 2 is 2.04 bits per heavy atom. The molecule has 3 aromatic rings. The average molecular weight is 323 g/mol. The van der Waals surface area contributed by atoms with Crippen LogP contribution in [0.4, 0.5) is 0 Å². The third-order valence-electron chi connectivity index (χ3n) is 4.48. The van der Waals surface area contributed by atoms with Gasteiger partial charge in [0, 0.05) is 36.1 Å². The predicted molar refractivity (Wildman–Crippen MR) is 97.0 cm³/mol. The highest BCUT2D eigenvalue weighted by molar-refractivity contribution is 7.10. The summed E-state index contributed by atoms with van der Waals surface area (Å²) in [6.07, 6.45) is 3.26. The molecule has 1 saturated heterocycles. The summed E-state index contributed by atoms with van der Waals surface area (Å²) in [6.45, 7) is 4.38. The maximum atomic E-state index is 4.69. The summed E-state index contributed by atoms with van der Waals surface area (Å²) < 4.78 is 0. The smallest absolute Gasteiger partial charge is 0.0711 e. The van der Waals surface area contributed by atoms with Crippen molar-refractivity contribution in [3.8, 4) is 0 Å². The van der Waals surface area contributed by atoms with Gasteiger partial charge >= 0.3 is 0 Å². The van der Waals surface area contributed by atoms with Gasteiger partial charge in [0.2, 0.25) is 0 Å². The second-order valence-corrected chi connectivity index (χ2v) is 7.00. The summed E-state index contributed by atoms with van der Waals surface area (Å²) in [5.41, 5.74) is 2.37. The normalized spacial score (nSPS) is 17.9. The Morgan fingerprint density at radius 1 is 1.09 bits per heavy atom. The van der Waals surface area contributed by atoms with Crippen LogP contribution in [0.15, 0.2) is 54.0 Å². The van der Waals surface area contributed by atoms with Gasteiger partial charge in [-0.25, -0.2) is 0 Å². The van der Waals surface area contributed by atoms with Crippen molar-refractivity contribution in [1.82, 2.24) is 15.2 Å². The third-order valence-corrected chi connectivity index (χ3v) is 5.40. The zero-order valence-electron chi connectivity index (χ0n) is 13.1. The molecule has 1 N–H and O–H groups in total. The van der Waals surface area contributed by atoms with Crippen molar-refractivity contribution in [1.29, 1.82) is 0 Å². The fourth-order valence-corrected chi connectivity index (χ4v) is 4.25. The predicted octanol–water partition coefficient (Wildman–Crippen LogP) is 3.68. The maximum Gasteiger partial charge on any atom is 0.0711 e. The number of rotatable bonds is 3. The van der Waals surface area contributed by atoms with Gasteiger partial charge in [-0.1, -0.05) is 24.3 Å². The van der Waals surface area contributed by atoms with Gasteiger partial charge in [0.1, 0.15) is 0 Å². The number of benzene rings is 1. The lowest BCUT2D eigenvalue weighted by molar-refractivity contribution is 0.244. The Bertz CT molecular complexity index is 761. The topological polar surface area (TPSA) is 28.2 Å². The number of nitrogens with one attached hydrogen (secondary N) is 1. The molecule has 4 rings (SSSR count). The molecular weight excluding hydrogens is 302 g/mol. The monoisotopic (exact) mass is 323 g/mol. The molecular formula is C19H21N3S. The molecule has 0 spiro atoms. The Kier molecular flexibility index (Phi) is 4.37. The Hall–Kier alpha value is -1.75. The van der Waals surface area contributed by atoms with Gasteiger partial charge in [-0.15, -0.1) is 11.3 Å². The van der Waals surface area contributed by atoms with Gasteiger partial charge in [0.25, 0.3) is 0 Å². The number of fused-ring (bicyclic) bond motifs is 1. The largest absolute Gasteiger partial charge is 0.315 e. The number of hydrogen-bond acceptors (Lipinski definition) is 4. The zero-order chi connectivity index (χ0) is 15.5. The molecule has 1 aliphatic heterocycles. The molecule has 0 aliphatic carbocycles. The molecule has 1 aromatic carbocycles. The second-order valence-electron chi connectivity index (χ2n) is 6.02. The van der Waals surface area contributed by atoms with E-state index in [9.17, 15) is 0 Å². The van der Waals surface area contributed by atoms with E-state index in [0.29, 0.717) is 6.04 Å². The highest BCUT2D eigenvalue weighted by Crippen LogP contribution is 2.33. The van der Waals surface area contributed by atoms with E-state index in [1.54, 1.807) is 0 Å². The summed E-state index contributed by atoms with van der Waals surface area (Å²) in [5.74, 6) is 0. The Morgan fingerprint density at radius 3 is 2.96 bits per heavy atom. The number of aromatic nitrogens is 1. The summed E-state index contributed by atoms with van der Waals surface area (Å²) in [7, 11) is 0. The van der Waals surface area contributed by atoms with Crippen LogP contribution >= 0.6 is 11.3 Å². The van der Waals surface area contributed by atoms with Crippen LogP contribution in [-0.2, 0) is 0 Å². The van der Waals surface area contributed by atoms with Gasteiger partial charge < -0.3 is 5.32 Å². The summed E-state index contributed by atoms with van der Waals surface area (Å²) in [5, 5.41) is 6.90. The lowest BCUT2D eigenvalue weighted by Crippen LogP contribution is -2.32. The number of nitrogens with zero attached hydrogens (tertiary/aromatic N) is 2.